The smallest absolute Gasteiger partial charge is 0.224 e. The molecule has 1 heterocycles. The molecule has 0 aliphatic heterocycles. The molecule has 23 heavy (non-hydrogen) atoms. The van der Waals surface area contributed by atoms with Gasteiger partial charge in [0.2, 0.25) is 5.91 Å². The molecular formula is C18H17N3O2. The standard InChI is InChI=1S/C18H17N3O2/c1-12(22)21(2)18-17(13-7-5-4-6-8-13)19-15-10-9-14(23-3)11-16(15)20-18/h4-11H,1-3H3. The number of fused-ring (bicyclic) bond motifs is 1. The van der Waals surface area contributed by atoms with Crippen LogP contribution in [0.4, 0.5) is 5.82 Å². The van der Waals surface area contributed by atoms with Crippen molar-refractivity contribution < 1.29 is 9.53 Å². The summed E-state index contributed by atoms with van der Waals surface area (Å²) in [4.78, 5) is 22.7. The molecule has 0 atom stereocenters. The Morgan fingerprint density at radius 2 is 1.78 bits per heavy atom. The summed E-state index contributed by atoms with van der Waals surface area (Å²) in [6.07, 6.45) is 0. The van der Waals surface area contributed by atoms with Gasteiger partial charge in [0.1, 0.15) is 11.4 Å². The summed E-state index contributed by atoms with van der Waals surface area (Å²) in [5.41, 5.74) is 3.04. The lowest BCUT2D eigenvalue weighted by Gasteiger charge is -2.18. The Labute approximate surface area is 134 Å². The molecule has 0 spiro atoms. The minimum Gasteiger partial charge on any atom is -0.497 e. The van der Waals surface area contributed by atoms with Crippen LogP contribution >= 0.6 is 0 Å². The molecule has 0 saturated heterocycles. The van der Waals surface area contributed by atoms with Crippen LogP contribution < -0.4 is 9.64 Å². The third-order valence-electron chi connectivity index (χ3n) is 3.69. The normalized spacial score (nSPS) is 10.6. The summed E-state index contributed by atoms with van der Waals surface area (Å²) >= 11 is 0. The Morgan fingerprint density at radius 1 is 1.04 bits per heavy atom. The van der Waals surface area contributed by atoms with E-state index in [1.165, 1.54) is 11.8 Å². The van der Waals surface area contributed by atoms with Crippen molar-refractivity contribution in [1.29, 1.82) is 0 Å². The van der Waals surface area contributed by atoms with E-state index in [-0.39, 0.29) is 5.91 Å². The van der Waals surface area contributed by atoms with Gasteiger partial charge < -0.3 is 4.74 Å². The minimum atomic E-state index is -0.0984. The summed E-state index contributed by atoms with van der Waals surface area (Å²) < 4.78 is 5.24. The predicted octanol–water partition coefficient (Wildman–Crippen LogP) is 3.29. The molecule has 0 bridgehead atoms. The average molecular weight is 307 g/mol. The van der Waals surface area contributed by atoms with E-state index >= 15 is 0 Å². The van der Waals surface area contributed by atoms with Gasteiger partial charge in [-0.2, -0.15) is 0 Å². The van der Waals surface area contributed by atoms with Gasteiger partial charge >= 0.3 is 0 Å². The van der Waals surface area contributed by atoms with Crippen molar-refractivity contribution in [2.45, 2.75) is 6.92 Å². The highest BCUT2D eigenvalue weighted by molar-refractivity contribution is 5.95. The first-order valence-electron chi connectivity index (χ1n) is 7.25. The van der Waals surface area contributed by atoms with Crippen LogP contribution in [0.5, 0.6) is 5.75 Å². The molecule has 0 saturated carbocycles. The fraction of sp³-hybridized carbons (Fsp3) is 0.167. The minimum absolute atomic E-state index is 0.0984. The molecule has 0 N–H and O–H groups in total. The number of benzene rings is 2. The molecule has 2 aromatic carbocycles. The van der Waals surface area contributed by atoms with Crippen LogP contribution in [0.1, 0.15) is 6.92 Å². The Balaban J connectivity index is 2.28. The van der Waals surface area contributed by atoms with Crippen molar-refractivity contribution in [3.05, 3.63) is 48.5 Å². The quantitative estimate of drug-likeness (QED) is 0.745. The van der Waals surface area contributed by atoms with E-state index in [9.17, 15) is 4.79 Å². The number of anilines is 1. The molecule has 0 aliphatic rings. The maximum atomic E-state index is 11.8. The van der Waals surface area contributed by atoms with Crippen molar-refractivity contribution in [3.8, 4) is 17.0 Å². The van der Waals surface area contributed by atoms with Crippen LogP contribution in [-0.2, 0) is 4.79 Å². The highest BCUT2D eigenvalue weighted by Crippen LogP contribution is 2.30. The number of carbonyl (C=O) groups is 1. The van der Waals surface area contributed by atoms with Gasteiger partial charge in [-0.3, -0.25) is 9.69 Å². The number of ether oxygens (including phenoxy) is 1. The first kappa shape index (κ1) is 15.0. The summed E-state index contributed by atoms with van der Waals surface area (Å²) in [6.45, 7) is 1.51. The summed E-state index contributed by atoms with van der Waals surface area (Å²) in [5.74, 6) is 1.14. The van der Waals surface area contributed by atoms with Crippen molar-refractivity contribution in [1.82, 2.24) is 9.97 Å². The Morgan fingerprint density at radius 3 is 2.43 bits per heavy atom. The lowest BCUT2D eigenvalue weighted by Crippen LogP contribution is -2.25. The molecular weight excluding hydrogens is 290 g/mol. The maximum Gasteiger partial charge on any atom is 0.224 e. The number of nitrogens with zero attached hydrogens (tertiary/aromatic N) is 3. The zero-order valence-electron chi connectivity index (χ0n) is 13.3. The summed E-state index contributed by atoms with van der Waals surface area (Å²) in [7, 11) is 3.31. The molecule has 116 valence electrons. The summed E-state index contributed by atoms with van der Waals surface area (Å²) in [6, 6.07) is 15.3. The molecule has 1 aromatic heterocycles. The van der Waals surface area contributed by atoms with Gasteiger partial charge in [-0.1, -0.05) is 30.3 Å². The molecule has 0 fully saturated rings. The lowest BCUT2D eigenvalue weighted by molar-refractivity contribution is -0.116. The van der Waals surface area contributed by atoms with Gasteiger partial charge in [-0.05, 0) is 12.1 Å². The number of aromatic nitrogens is 2. The van der Waals surface area contributed by atoms with Crippen LogP contribution in [0.2, 0.25) is 0 Å². The zero-order chi connectivity index (χ0) is 16.4. The predicted molar refractivity (Wildman–Crippen MR) is 90.6 cm³/mol. The van der Waals surface area contributed by atoms with Crippen LogP contribution in [0.3, 0.4) is 0 Å². The second kappa shape index (κ2) is 6.04. The molecule has 5 nitrogen and oxygen atoms in total. The highest BCUT2D eigenvalue weighted by Gasteiger charge is 2.17. The summed E-state index contributed by atoms with van der Waals surface area (Å²) in [5, 5.41) is 0. The third-order valence-corrected chi connectivity index (χ3v) is 3.69. The van der Waals surface area contributed by atoms with Crippen molar-refractivity contribution in [2.24, 2.45) is 0 Å². The van der Waals surface area contributed by atoms with Gasteiger partial charge in [0.25, 0.3) is 0 Å². The van der Waals surface area contributed by atoms with Gasteiger partial charge in [-0.15, -0.1) is 0 Å². The number of hydrogen-bond donors (Lipinski definition) is 0. The lowest BCUT2D eigenvalue weighted by atomic mass is 10.1. The van der Waals surface area contributed by atoms with Crippen LogP contribution in [0, 0.1) is 0 Å². The van der Waals surface area contributed by atoms with E-state index in [0.29, 0.717) is 22.8 Å². The van der Waals surface area contributed by atoms with Crippen molar-refractivity contribution in [3.63, 3.8) is 0 Å². The van der Waals surface area contributed by atoms with E-state index in [0.717, 1.165) is 11.1 Å². The van der Waals surface area contributed by atoms with E-state index in [2.05, 4.69) is 4.98 Å². The molecule has 1 amide bonds. The molecule has 0 unspecified atom stereocenters. The van der Waals surface area contributed by atoms with E-state index in [1.807, 2.05) is 48.5 Å². The Bertz CT molecular complexity index is 863. The number of amides is 1. The fourth-order valence-electron chi connectivity index (χ4n) is 2.32. The van der Waals surface area contributed by atoms with Gasteiger partial charge in [0.05, 0.1) is 18.1 Å². The van der Waals surface area contributed by atoms with Crippen molar-refractivity contribution in [2.75, 3.05) is 19.1 Å². The van der Waals surface area contributed by atoms with Crippen LogP contribution in [-0.4, -0.2) is 30.0 Å². The van der Waals surface area contributed by atoms with Crippen LogP contribution in [0.25, 0.3) is 22.3 Å². The maximum absolute atomic E-state index is 11.8. The second-order valence-corrected chi connectivity index (χ2v) is 5.19. The second-order valence-electron chi connectivity index (χ2n) is 5.19. The first-order chi connectivity index (χ1) is 11.1. The first-order valence-corrected chi connectivity index (χ1v) is 7.25. The van der Waals surface area contributed by atoms with E-state index < -0.39 is 0 Å². The molecule has 0 aliphatic carbocycles. The van der Waals surface area contributed by atoms with Gasteiger partial charge in [-0.25, -0.2) is 9.97 Å². The largest absolute Gasteiger partial charge is 0.497 e. The van der Waals surface area contributed by atoms with E-state index in [4.69, 9.17) is 9.72 Å². The van der Waals surface area contributed by atoms with Crippen molar-refractivity contribution >= 4 is 22.8 Å². The zero-order valence-corrected chi connectivity index (χ0v) is 13.3. The molecule has 3 rings (SSSR count). The average Bonchev–Trinajstić information content (AvgIpc) is 2.60. The number of hydrogen-bond acceptors (Lipinski definition) is 4. The third kappa shape index (κ3) is 2.85. The van der Waals surface area contributed by atoms with Gasteiger partial charge in [0, 0.05) is 25.6 Å². The van der Waals surface area contributed by atoms with Gasteiger partial charge in [0.15, 0.2) is 5.82 Å². The molecule has 5 heteroatoms. The monoisotopic (exact) mass is 307 g/mol. The fourth-order valence-corrected chi connectivity index (χ4v) is 2.32. The Hall–Kier alpha value is -2.95. The number of carbonyl (C=O) groups excluding carboxylic acids is 1. The van der Waals surface area contributed by atoms with Crippen LogP contribution in [0.15, 0.2) is 48.5 Å². The number of methoxy groups -OCH3 is 1. The Kier molecular flexibility index (Phi) is 3.93. The topological polar surface area (TPSA) is 55.3 Å². The highest BCUT2D eigenvalue weighted by atomic mass is 16.5. The van der Waals surface area contributed by atoms with E-state index in [1.54, 1.807) is 14.2 Å². The SMILES string of the molecule is COc1ccc2nc(-c3ccccc3)c(N(C)C(C)=O)nc2c1. The number of rotatable bonds is 3. The molecule has 0 radical (unpaired) electrons. The molecule has 3 aromatic rings.